The minimum absolute atomic E-state index is 0.0980. The molecule has 0 bridgehead atoms. The Bertz CT molecular complexity index is 1110. The fourth-order valence-corrected chi connectivity index (χ4v) is 4.92. The van der Waals surface area contributed by atoms with Gasteiger partial charge >= 0.3 is 0 Å². The third-order valence-corrected chi connectivity index (χ3v) is 6.56. The van der Waals surface area contributed by atoms with Gasteiger partial charge in [0.15, 0.2) is 6.10 Å². The number of hydrogen-bond acceptors (Lipinski definition) is 6. The quantitative estimate of drug-likeness (QED) is 0.776. The second-order valence-electron chi connectivity index (χ2n) is 8.40. The molecule has 2 heterocycles. The lowest BCUT2D eigenvalue weighted by Crippen LogP contribution is -2.52. The van der Waals surface area contributed by atoms with Crippen LogP contribution in [0, 0.1) is 0 Å². The SMILES string of the molecule is COc1ccc2c(c1)[C@H](NC(=O)[C@H]1CN(S(C)(=O)=O)c3ccccc3O1)CC(C)(C)O2. The Kier molecular flexibility index (Phi) is 5.25. The van der Waals surface area contributed by atoms with E-state index in [9.17, 15) is 13.2 Å². The van der Waals surface area contributed by atoms with Crippen molar-refractivity contribution < 1.29 is 27.4 Å². The first-order chi connectivity index (χ1) is 14.6. The van der Waals surface area contributed by atoms with Crippen molar-refractivity contribution in [2.24, 2.45) is 0 Å². The molecule has 166 valence electrons. The number of rotatable bonds is 4. The van der Waals surface area contributed by atoms with E-state index in [1.54, 1.807) is 31.4 Å². The van der Waals surface area contributed by atoms with Crippen LogP contribution in [0.4, 0.5) is 5.69 Å². The first-order valence-corrected chi connectivity index (χ1v) is 11.8. The van der Waals surface area contributed by atoms with Crippen molar-refractivity contribution in [1.29, 1.82) is 0 Å². The number of nitrogens with one attached hydrogen (secondary N) is 1. The average Bonchev–Trinajstić information content (AvgIpc) is 2.71. The Balaban J connectivity index is 1.61. The molecule has 2 aliphatic heterocycles. The van der Waals surface area contributed by atoms with Gasteiger partial charge in [-0.25, -0.2) is 8.42 Å². The summed E-state index contributed by atoms with van der Waals surface area (Å²) in [4.78, 5) is 13.2. The highest BCUT2D eigenvalue weighted by Gasteiger charge is 2.39. The Morgan fingerprint density at radius 1 is 1.19 bits per heavy atom. The van der Waals surface area contributed by atoms with Crippen molar-refractivity contribution in [3.05, 3.63) is 48.0 Å². The number of methoxy groups -OCH3 is 1. The maximum absolute atomic E-state index is 13.2. The summed E-state index contributed by atoms with van der Waals surface area (Å²) in [6.07, 6.45) is 0.677. The molecule has 0 radical (unpaired) electrons. The smallest absolute Gasteiger partial charge is 0.263 e. The summed E-state index contributed by atoms with van der Waals surface area (Å²) in [6.45, 7) is 3.81. The number of anilines is 1. The van der Waals surface area contributed by atoms with E-state index >= 15 is 0 Å². The molecular weight excluding hydrogens is 420 g/mol. The molecule has 0 saturated heterocycles. The lowest BCUT2D eigenvalue weighted by Gasteiger charge is -2.39. The van der Waals surface area contributed by atoms with Crippen molar-refractivity contribution in [1.82, 2.24) is 5.32 Å². The number of hydrogen-bond donors (Lipinski definition) is 1. The Hall–Kier alpha value is -2.94. The zero-order valence-corrected chi connectivity index (χ0v) is 18.7. The molecule has 2 atom stereocenters. The van der Waals surface area contributed by atoms with Gasteiger partial charge in [-0.05, 0) is 44.2 Å². The third kappa shape index (κ3) is 4.27. The predicted octanol–water partition coefficient (Wildman–Crippen LogP) is 2.64. The Morgan fingerprint density at radius 2 is 1.94 bits per heavy atom. The van der Waals surface area contributed by atoms with Gasteiger partial charge in [0, 0.05) is 12.0 Å². The Labute approximate surface area is 182 Å². The van der Waals surface area contributed by atoms with Crippen LogP contribution in [-0.2, 0) is 14.8 Å². The third-order valence-electron chi connectivity index (χ3n) is 5.42. The topological polar surface area (TPSA) is 94.2 Å². The van der Waals surface area contributed by atoms with E-state index in [1.807, 2.05) is 32.0 Å². The van der Waals surface area contributed by atoms with Crippen molar-refractivity contribution in [3.63, 3.8) is 0 Å². The van der Waals surface area contributed by atoms with Crippen molar-refractivity contribution in [3.8, 4) is 17.2 Å². The first-order valence-electron chi connectivity index (χ1n) is 9.98. The van der Waals surface area contributed by atoms with E-state index in [4.69, 9.17) is 14.2 Å². The number of para-hydroxylation sites is 2. The molecule has 9 heteroatoms. The van der Waals surface area contributed by atoms with Crippen LogP contribution in [-0.4, -0.2) is 45.9 Å². The van der Waals surface area contributed by atoms with Crippen LogP contribution in [0.3, 0.4) is 0 Å². The number of carbonyl (C=O) groups excluding carboxylic acids is 1. The molecule has 31 heavy (non-hydrogen) atoms. The molecule has 2 aromatic carbocycles. The highest BCUT2D eigenvalue weighted by molar-refractivity contribution is 7.92. The first kappa shape index (κ1) is 21.3. The molecule has 2 aromatic rings. The molecule has 4 rings (SSSR count). The van der Waals surface area contributed by atoms with E-state index in [2.05, 4.69) is 5.32 Å². The lowest BCUT2D eigenvalue weighted by atomic mass is 9.89. The van der Waals surface area contributed by atoms with Crippen LogP contribution in [0.25, 0.3) is 0 Å². The van der Waals surface area contributed by atoms with Crippen LogP contribution in [0.2, 0.25) is 0 Å². The molecule has 2 aliphatic rings. The van der Waals surface area contributed by atoms with Gasteiger partial charge in [-0.1, -0.05) is 12.1 Å². The van der Waals surface area contributed by atoms with Gasteiger partial charge in [-0.15, -0.1) is 0 Å². The number of ether oxygens (including phenoxy) is 3. The van der Waals surface area contributed by atoms with Gasteiger partial charge in [-0.3, -0.25) is 9.10 Å². The molecule has 0 spiro atoms. The van der Waals surface area contributed by atoms with E-state index in [-0.39, 0.29) is 18.5 Å². The summed E-state index contributed by atoms with van der Waals surface area (Å²) >= 11 is 0. The van der Waals surface area contributed by atoms with Crippen LogP contribution in [0.1, 0.15) is 31.9 Å². The normalized spacial score (nSPS) is 21.7. The summed E-state index contributed by atoms with van der Waals surface area (Å²) in [5, 5.41) is 3.03. The van der Waals surface area contributed by atoms with E-state index in [0.29, 0.717) is 29.4 Å². The molecule has 0 saturated carbocycles. The monoisotopic (exact) mass is 446 g/mol. The molecule has 0 aromatic heterocycles. The molecule has 0 aliphatic carbocycles. The maximum atomic E-state index is 13.2. The number of nitrogens with zero attached hydrogens (tertiary/aromatic N) is 1. The zero-order valence-electron chi connectivity index (χ0n) is 17.9. The number of carbonyl (C=O) groups is 1. The Morgan fingerprint density at radius 3 is 2.65 bits per heavy atom. The lowest BCUT2D eigenvalue weighted by molar-refractivity contribution is -0.129. The molecule has 0 unspecified atom stereocenters. The molecular formula is C22H26N2O6S. The van der Waals surface area contributed by atoms with Crippen LogP contribution in [0.5, 0.6) is 17.2 Å². The van der Waals surface area contributed by atoms with Gasteiger partial charge < -0.3 is 19.5 Å². The van der Waals surface area contributed by atoms with Crippen LogP contribution < -0.4 is 23.8 Å². The number of fused-ring (bicyclic) bond motifs is 2. The summed E-state index contributed by atoms with van der Waals surface area (Å²) in [7, 11) is -2.00. The molecule has 0 fully saturated rings. The zero-order chi connectivity index (χ0) is 22.4. The number of sulfonamides is 1. The van der Waals surface area contributed by atoms with Crippen molar-refractivity contribution in [2.45, 2.75) is 38.0 Å². The van der Waals surface area contributed by atoms with Gasteiger partial charge in [0.1, 0.15) is 22.8 Å². The summed E-state index contributed by atoms with van der Waals surface area (Å²) in [5.74, 6) is 1.30. The second-order valence-corrected chi connectivity index (χ2v) is 10.3. The molecule has 1 amide bonds. The molecule has 1 N–H and O–H groups in total. The number of amides is 1. The fraction of sp³-hybridized carbons (Fsp3) is 0.409. The van der Waals surface area contributed by atoms with Gasteiger partial charge in [-0.2, -0.15) is 0 Å². The fourth-order valence-electron chi connectivity index (χ4n) is 4.01. The average molecular weight is 447 g/mol. The highest BCUT2D eigenvalue weighted by Crippen LogP contribution is 2.41. The summed E-state index contributed by atoms with van der Waals surface area (Å²) in [6, 6.07) is 11.9. The van der Waals surface area contributed by atoms with Gasteiger partial charge in [0.25, 0.3) is 5.91 Å². The van der Waals surface area contributed by atoms with E-state index < -0.39 is 21.7 Å². The number of benzene rings is 2. The van der Waals surface area contributed by atoms with Gasteiger partial charge in [0.05, 0.1) is 31.6 Å². The van der Waals surface area contributed by atoms with Crippen LogP contribution in [0.15, 0.2) is 42.5 Å². The standard InChI is InChI=1S/C22H26N2O6S/c1-22(2)12-16(15-11-14(28-3)9-10-18(15)30-22)23-21(25)20-13-24(31(4,26)27)17-7-5-6-8-19(17)29-20/h5-11,16,20H,12-13H2,1-4H3,(H,23,25)/t16-,20-/m1/s1. The van der Waals surface area contributed by atoms with Crippen LogP contribution >= 0.6 is 0 Å². The van der Waals surface area contributed by atoms with E-state index in [1.165, 1.54) is 4.31 Å². The second kappa shape index (κ2) is 7.64. The van der Waals surface area contributed by atoms with Gasteiger partial charge in [0.2, 0.25) is 10.0 Å². The van der Waals surface area contributed by atoms with Crippen molar-refractivity contribution in [2.75, 3.05) is 24.2 Å². The highest BCUT2D eigenvalue weighted by atomic mass is 32.2. The summed E-state index contributed by atoms with van der Waals surface area (Å²) in [5.41, 5.74) is 0.748. The van der Waals surface area contributed by atoms with Crippen molar-refractivity contribution >= 4 is 21.6 Å². The largest absolute Gasteiger partial charge is 0.497 e. The predicted molar refractivity (Wildman–Crippen MR) is 116 cm³/mol. The summed E-state index contributed by atoms with van der Waals surface area (Å²) < 4.78 is 43.1. The van der Waals surface area contributed by atoms with E-state index in [0.717, 1.165) is 11.8 Å². The molecule has 8 nitrogen and oxygen atoms in total. The minimum atomic E-state index is -3.58. The minimum Gasteiger partial charge on any atom is -0.497 e. The maximum Gasteiger partial charge on any atom is 0.263 e.